The van der Waals surface area contributed by atoms with E-state index in [2.05, 4.69) is 4.98 Å². The molecule has 1 aromatic heterocycles. The molecule has 0 aliphatic heterocycles. The van der Waals surface area contributed by atoms with Gasteiger partial charge >= 0.3 is 12.1 Å². The molecule has 8 heteroatoms. The number of alkyl halides is 3. The second kappa shape index (κ2) is 4.05. The molecule has 15 heavy (non-hydrogen) atoms. The molecule has 0 aliphatic carbocycles. The van der Waals surface area contributed by atoms with Crippen LogP contribution >= 0.6 is 11.3 Å². The number of likely N-dealkylation sites (N-methyl/N-ethyl adjacent to an activating group) is 1. The van der Waals surface area contributed by atoms with Crippen LogP contribution in [0.2, 0.25) is 0 Å². The van der Waals surface area contributed by atoms with Gasteiger partial charge in [-0.15, -0.1) is 0 Å². The summed E-state index contributed by atoms with van der Waals surface area (Å²) in [5.41, 5.74) is 0. The summed E-state index contributed by atoms with van der Waals surface area (Å²) in [5, 5.41) is 8.46. The molecule has 0 aromatic carbocycles. The van der Waals surface area contributed by atoms with Crippen molar-refractivity contribution in [3.8, 4) is 0 Å². The first kappa shape index (κ1) is 11.8. The zero-order valence-electron chi connectivity index (χ0n) is 7.58. The summed E-state index contributed by atoms with van der Waals surface area (Å²) in [6, 6.07) is 0. The molecule has 0 radical (unpaired) electrons. The van der Waals surface area contributed by atoms with Crippen LogP contribution < -0.4 is 4.90 Å². The van der Waals surface area contributed by atoms with Crippen molar-refractivity contribution in [2.24, 2.45) is 0 Å². The van der Waals surface area contributed by atoms with E-state index in [1.807, 2.05) is 0 Å². The van der Waals surface area contributed by atoms with Crippen LogP contribution in [0.3, 0.4) is 0 Å². The van der Waals surface area contributed by atoms with Crippen LogP contribution in [0.15, 0.2) is 6.20 Å². The van der Waals surface area contributed by atoms with Crippen molar-refractivity contribution >= 4 is 22.4 Å². The van der Waals surface area contributed by atoms with Gasteiger partial charge in [-0.05, 0) is 0 Å². The Morgan fingerprint density at radius 1 is 1.67 bits per heavy atom. The fraction of sp³-hybridized carbons (Fsp3) is 0.429. The molecule has 0 fully saturated rings. The van der Waals surface area contributed by atoms with Crippen molar-refractivity contribution in [3.05, 3.63) is 11.1 Å². The summed E-state index contributed by atoms with van der Waals surface area (Å²) in [6.07, 6.45) is -3.74. The average Bonchev–Trinajstić information content (AvgIpc) is 2.48. The number of aliphatic carboxylic acids is 1. The minimum absolute atomic E-state index is 0.0322. The first-order valence-electron chi connectivity index (χ1n) is 3.76. The zero-order chi connectivity index (χ0) is 11.6. The Hall–Kier alpha value is -1.31. The molecule has 1 N–H and O–H groups in total. The predicted molar refractivity (Wildman–Crippen MR) is 48.0 cm³/mol. The van der Waals surface area contributed by atoms with Crippen LogP contribution in [0.25, 0.3) is 0 Å². The molecule has 4 nitrogen and oxygen atoms in total. The largest absolute Gasteiger partial charge is 0.480 e. The lowest BCUT2D eigenvalue weighted by Crippen LogP contribution is -2.24. The van der Waals surface area contributed by atoms with Gasteiger partial charge in [-0.2, -0.15) is 13.2 Å². The van der Waals surface area contributed by atoms with E-state index < -0.39 is 17.0 Å². The molecule has 0 atom stereocenters. The topological polar surface area (TPSA) is 53.4 Å². The van der Waals surface area contributed by atoms with Crippen LogP contribution in [-0.4, -0.2) is 29.7 Å². The minimum atomic E-state index is -4.43. The molecular formula is C7H7F3N2O2S. The van der Waals surface area contributed by atoms with Crippen LogP contribution in [0.5, 0.6) is 0 Å². The van der Waals surface area contributed by atoms with Gasteiger partial charge in [0.05, 0.1) is 6.20 Å². The van der Waals surface area contributed by atoms with Crippen molar-refractivity contribution in [2.45, 2.75) is 6.18 Å². The molecule has 0 saturated heterocycles. The number of nitrogens with zero attached hydrogens (tertiary/aromatic N) is 2. The lowest BCUT2D eigenvalue weighted by molar-refractivity contribution is -0.135. The molecule has 0 spiro atoms. The first-order chi connectivity index (χ1) is 6.80. The van der Waals surface area contributed by atoms with Crippen molar-refractivity contribution in [1.82, 2.24) is 4.98 Å². The molecule has 1 aromatic rings. The Labute approximate surface area is 87.0 Å². The molecule has 0 amide bonds. The second-order valence-electron chi connectivity index (χ2n) is 2.75. The quantitative estimate of drug-likeness (QED) is 0.873. The molecule has 0 unspecified atom stereocenters. The van der Waals surface area contributed by atoms with Gasteiger partial charge in [0.25, 0.3) is 0 Å². The first-order valence-corrected chi connectivity index (χ1v) is 4.58. The SMILES string of the molecule is CN(CC(=O)O)c1ncc(C(F)(F)F)s1. The Morgan fingerprint density at radius 2 is 2.27 bits per heavy atom. The van der Waals surface area contributed by atoms with Crippen LogP contribution in [0.1, 0.15) is 4.88 Å². The molecule has 1 rings (SSSR count). The predicted octanol–water partition coefficient (Wildman–Crippen LogP) is 1.68. The fourth-order valence-corrected chi connectivity index (χ4v) is 1.59. The zero-order valence-corrected chi connectivity index (χ0v) is 8.39. The van der Waals surface area contributed by atoms with Gasteiger partial charge in [0.2, 0.25) is 0 Å². The van der Waals surface area contributed by atoms with Crippen molar-refractivity contribution in [2.75, 3.05) is 18.5 Å². The number of carbonyl (C=O) groups is 1. The van der Waals surface area contributed by atoms with Crippen LogP contribution in [-0.2, 0) is 11.0 Å². The second-order valence-corrected chi connectivity index (χ2v) is 3.76. The third kappa shape index (κ3) is 3.08. The van der Waals surface area contributed by atoms with E-state index in [1.54, 1.807) is 0 Å². The summed E-state index contributed by atoms with van der Waals surface area (Å²) in [7, 11) is 1.37. The average molecular weight is 240 g/mol. The Kier molecular flexibility index (Phi) is 3.18. The fourth-order valence-electron chi connectivity index (χ4n) is 0.843. The van der Waals surface area contributed by atoms with E-state index in [9.17, 15) is 18.0 Å². The molecule has 1 heterocycles. The lowest BCUT2D eigenvalue weighted by atomic mass is 10.5. The number of rotatable bonds is 3. The summed E-state index contributed by atoms with van der Waals surface area (Å²) in [5.74, 6) is -1.12. The van der Waals surface area contributed by atoms with Gasteiger partial charge in [-0.1, -0.05) is 11.3 Å². The number of thiazole rings is 1. The molecular weight excluding hydrogens is 233 g/mol. The molecule has 0 aliphatic rings. The number of hydrogen-bond acceptors (Lipinski definition) is 4. The Bertz CT molecular complexity index is 363. The summed E-state index contributed by atoms with van der Waals surface area (Å²) in [4.78, 5) is 14.1. The summed E-state index contributed by atoms with van der Waals surface area (Å²) >= 11 is 0.416. The maximum atomic E-state index is 12.2. The van der Waals surface area contributed by atoms with Crippen LogP contribution in [0, 0.1) is 0 Å². The highest BCUT2D eigenvalue weighted by Crippen LogP contribution is 2.35. The number of halogens is 3. The van der Waals surface area contributed by atoms with Gasteiger partial charge in [0.15, 0.2) is 5.13 Å². The Balaban J connectivity index is 2.80. The van der Waals surface area contributed by atoms with E-state index in [0.717, 1.165) is 4.90 Å². The van der Waals surface area contributed by atoms with Gasteiger partial charge in [0, 0.05) is 7.05 Å². The third-order valence-corrected chi connectivity index (χ3v) is 2.63. The van der Waals surface area contributed by atoms with Gasteiger partial charge in [-0.25, -0.2) is 4.98 Å². The van der Waals surface area contributed by atoms with Crippen LogP contribution in [0.4, 0.5) is 18.3 Å². The smallest absolute Gasteiger partial charge is 0.427 e. The van der Waals surface area contributed by atoms with E-state index in [4.69, 9.17) is 5.11 Å². The highest BCUT2D eigenvalue weighted by atomic mass is 32.1. The Morgan fingerprint density at radius 3 is 2.67 bits per heavy atom. The number of carboxylic acids is 1. The van der Waals surface area contributed by atoms with Crippen molar-refractivity contribution < 1.29 is 23.1 Å². The van der Waals surface area contributed by atoms with Gasteiger partial charge in [0.1, 0.15) is 11.4 Å². The maximum Gasteiger partial charge on any atom is 0.427 e. The van der Waals surface area contributed by atoms with Gasteiger partial charge < -0.3 is 10.0 Å². The molecule has 0 saturated carbocycles. The standard InChI is InChI=1S/C7H7F3N2O2S/c1-12(3-5(13)14)6-11-2-4(15-6)7(8,9)10/h2H,3H2,1H3,(H,13,14). The summed E-state index contributed by atoms with van der Waals surface area (Å²) in [6.45, 7) is -0.384. The van der Waals surface area contributed by atoms with Gasteiger partial charge in [-0.3, -0.25) is 4.79 Å². The summed E-state index contributed by atoms with van der Waals surface area (Å²) < 4.78 is 36.5. The maximum absolute atomic E-state index is 12.2. The number of aromatic nitrogens is 1. The highest BCUT2D eigenvalue weighted by molar-refractivity contribution is 7.15. The van der Waals surface area contributed by atoms with E-state index in [0.29, 0.717) is 17.5 Å². The number of anilines is 1. The normalized spacial score (nSPS) is 11.5. The third-order valence-electron chi connectivity index (χ3n) is 1.47. The van der Waals surface area contributed by atoms with E-state index >= 15 is 0 Å². The highest BCUT2D eigenvalue weighted by Gasteiger charge is 2.33. The van der Waals surface area contributed by atoms with Crippen molar-refractivity contribution in [1.29, 1.82) is 0 Å². The minimum Gasteiger partial charge on any atom is -0.480 e. The van der Waals surface area contributed by atoms with E-state index in [1.165, 1.54) is 7.05 Å². The number of carboxylic acid groups (broad SMARTS) is 1. The lowest BCUT2D eigenvalue weighted by Gasteiger charge is -2.11. The molecule has 0 bridgehead atoms. The monoisotopic (exact) mass is 240 g/mol. The molecule has 84 valence electrons. The van der Waals surface area contributed by atoms with Crippen molar-refractivity contribution in [3.63, 3.8) is 0 Å². The number of hydrogen-bond donors (Lipinski definition) is 1. The van der Waals surface area contributed by atoms with E-state index in [-0.39, 0.29) is 11.7 Å².